The van der Waals surface area contributed by atoms with Crippen LogP contribution in [0.2, 0.25) is 0 Å². The van der Waals surface area contributed by atoms with Crippen molar-refractivity contribution in [2.75, 3.05) is 37.6 Å². The second-order valence-corrected chi connectivity index (χ2v) is 5.02. The Morgan fingerprint density at radius 2 is 1.81 bits per heavy atom. The molecule has 0 bridgehead atoms. The molecule has 7 heteroatoms. The monoisotopic (exact) mass is 291 g/mol. The van der Waals surface area contributed by atoms with Crippen molar-refractivity contribution in [2.45, 2.75) is 20.3 Å². The van der Waals surface area contributed by atoms with E-state index in [-0.39, 0.29) is 11.8 Å². The summed E-state index contributed by atoms with van der Waals surface area (Å²) in [6.45, 7) is 7.00. The Bertz CT molecular complexity index is 495. The van der Waals surface area contributed by atoms with Crippen LogP contribution in [0.1, 0.15) is 30.6 Å². The zero-order chi connectivity index (χ0) is 15.2. The van der Waals surface area contributed by atoms with Crippen LogP contribution in [-0.4, -0.2) is 59.4 Å². The van der Waals surface area contributed by atoms with Crippen LogP contribution in [-0.2, 0) is 4.79 Å². The van der Waals surface area contributed by atoms with Crippen LogP contribution in [0.25, 0.3) is 0 Å². The lowest BCUT2D eigenvalue weighted by Gasteiger charge is -2.34. The first-order valence-corrected chi connectivity index (χ1v) is 7.22. The van der Waals surface area contributed by atoms with E-state index >= 15 is 0 Å². The summed E-state index contributed by atoms with van der Waals surface area (Å²) in [5, 5.41) is 2.79. The number of hydrogen-bond donors (Lipinski definition) is 1. The number of carbonyl (C=O) groups is 2. The zero-order valence-corrected chi connectivity index (χ0v) is 12.5. The highest BCUT2D eigenvalue weighted by Gasteiger charge is 2.20. The van der Waals surface area contributed by atoms with Crippen LogP contribution >= 0.6 is 0 Å². The molecule has 114 valence electrons. The first-order valence-electron chi connectivity index (χ1n) is 7.22. The van der Waals surface area contributed by atoms with Crippen molar-refractivity contribution in [3.63, 3.8) is 0 Å². The number of nitrogens with one attached hydrogen (secondary N) is 1. The number of nitrogens with zero attached hydrogens (tertiary/aromatic N) is 4. The Kier molecular flexibility index (Phi) is 5.08. The third kappa shape index (κ3) is 3.90. The minimum absolute atomic E-state index is 0.0958. The Balaban J connectivity index is 1.94. The standard InChI is InChI=1S/C14H21N5O2/c1-3-4-15-13(21)12-9-16-14(17-10-12)19-7-5-18(6-8-19)11(2)20/h9-10H,3-8H2,1-2H3,(H,15,21). The smallest absolute Gasteiger partial charge is 0.254 e. The van der Waals surface area contributed by atoms with E-state index in [2.05, 4.69) is 15.3 Å². The van der Waals surface area contributed by atoms with E-state index in [1.807, 2.05) is 16.7 Å². The van der Waals surface area contributed by atoms with Crippen LogP contribution in [0.3, 0.4) is 0 Å². The lowest BCUT2D eigenvalue weighted by Crippen LogP contribution is -2.48. The van der Waals surface area contributed by atoms with E-state index in [4.69, 9.17) is 0 Å². The molecule has 1 N–H and O–H groups in total. The minimum Gasteiger partial charge on any atom is -0.352 e. The summed E-state index contributed by atoms with van der Waals surface area (Å²) in [7, 11) is 0. The number of hydrogen-bond acceptors (Lipinski definition) is 5. The van der Waals surface area contributed by atoms with Crippen LogP contribution in [0.5, 0.6) is 0 Å². The van der Waals surface area contributed by atoms with Crippen molar-refractivity contribution in [1.29, 1.82) is 0 Å². The lowest BCUT2D eigenvalue weighted by atomic mass is 10.3. The molecule has 0 saturated carbocycles. The molecule has 0 unspecified atom stereocenters. The number of amides is 2. The molecule has 1 aliphatic heterocycles. The van der Waals surface area contributed by atoms with Crippen molar-refractivity contribution in [3.8, 4) is 0 Å². The Morgan fingerprint density at radius 3 is 2.33 bits per heavy atom. The van der Waals surface area contributed by atoms with Gasteiger partial charge in [-0.25, -0.2) is 9.97 Å². The molecule has 1 saturated heterocycles. The van der Waals surface area contributed by atoms with Crippen LogP contribution in [0.4, 0.5) is 5.95 Å². The molecule has 1 fully saturated rings. The summed E-state index contributed by atoms with van der Waals surface area (Å²) >= 11 is 0. The van der Waals surface area contributed by atoms with Crippen molar-refractivity contribution in [2.24, 2.45) is 0 Å². The predicted octanol–water partition coefficient (Wildman–Crippen LogP) is 0.285. The van der Waals surface area contributed by atoms with Crippen molar-refractivity contribution >= 4 is 17.8 Å². The molecule has 0 spiro atoms. The van der Waals surface area contributed by atoms with Crippen molar-refractivity contribution < 1.29 is 9.59 Å². The number of anilines is 1. The maximum Gasteiger partial charge on any atom is 0.254 e. The fourth-order valence-electron chi connectivity index (χ4n) is 2.16. The summed E-state index contributed by atoms with van der Waals surface area (Å²) in [4.78, 5) is 35.4. The quantitative estimate of drug-likeness (QED) is 0.862. The van der Waals surface area contributed by atoms with Gasteiger partial charge in [-0.15, -0.1) is 0 Å². The van der Waals surface area contributed by atoms with Gasteiger partial charge >= 0.3 is 0 Å². The largest absolute Gasteiger partial charge is 0.352 e. The van der Waals surface area contributed by atoms with E-state index in [1.54, 1.807) is 19.3 Å². The highest BCUT2D eigenvalue weighted by molar-refractivity contribution is 5.93. The van der Waals surface area contributed by atoms with Gasteiger partial charge in [-0.3, -0.25) is 9.59 Å². The maximum atomic E-state index is 11.8. The van der Waals surface area contributed by atoms with Crippen LogP contribution in [0.15, 0.2) is 12.4 Å². The zero-order valence-electron chi connectivity index (χ0n) is 12.5. The van der Waals surface area contributed by atoms with Gasteiger partial charge in [-0.1, -0.05) is 6.92 Å². The van der Waals surface area contributed by atoms with Gasteiger partial charge in [0, 0.05) is 52.0 Å². The maximum absolute atomic E-state index is 11.8. The first kappa shape index (κ1) is 15.2. The Morgan fingerprint density at radius 1 is 1.19 bits per heavy atom. The molecule has 2 rings (SSSR count). The molecule has 0 radical (unpaired) electrons. The normalized spacial score (nSPS) is 15.0. The number of rotatable bonds is 4. The Hall–Kier alpha value is -2.18. The second-order valence-electron chi connectivity index (χ2n) is 5.02. The van der Waals surface area contributed by atoms with E-state index in [1.165, 1.54) is 0 Å². The van der Waals surface area contributed by atoms with Gasteiger partial charge in [-0.2, -0.15) is 0 Å². The summed E-state index contributed by atoms with van der Waals surface area (Å²) in [5.41, 5.74) is 0.467. The number of piperazine rings is 1. The SMILES string of the molecule is CCCNC(=O)c1cnc(N2CCN(C(C)=O)CC2)nc1. The van der Waals surface area contributed by atoms with Gasteiger partial charge in [0.2, 0.25) is 11.9 Å². The second kappa shape index (κ2) is 7.01. The fraction of sp³-hybridized carbons (Fsp3) is 0.571. The Labute approximate surface area is 124 Å². The first-order chi connectivity index (χ1) is 10.1. The lowest BCUT2D eigenvalue weighted by molar-refractivity contribution is -0.129. The summed E-state index contributed by atoms with van der Waals surface area (Å²) in [6.07, 6.45) is 3.99. The molecule has 2 amide bonds. The average Bonchev–Trinajstić information content (AvgIpc) is 2.53. The van der Waals surface area contributed by atoms with Crippen LogP contribution < -0.4 is 10.2 Å². The molecule has 1 aliphatic rings. The molecule has 0 aliphatic carbocycles. The molecule has 2 heterocycles. The average molecular weight is 291 g/mol. The predicted molar refractivity (Wildman–Crippen MR) is 79.1 cm³/mol. The third-order valence-corrected chi connectivity index (χ3v) is 3.44. The van der Waals surface area contributed by atoms with Crippen molar-refractivity contribution in [3.05, 3.63) is 18.0 Å². The van der Waals surface area contributed by atoms with E-state index in [0.29, 0.717) is 44.2 Å². The molecule has 0 aromatic carbocycles. The van der Waals surface area contributed by atoms with Gasteiger partial charge < -0.3 is 15.1 Å². The highest BCUT2D eigenvalue weighted by Crippen LogP contribution is 2.11. The van der Waals surface area contributed by atoms with Gasteiger partial charge in [-0.05, 0) is 6.42 Å². The third-order valence-electron chi connectivity index (χ3n) is 3.44. The molecular formula is C14H21N5O2. The van der Waals surface area contributed by atoms with E-state index in [9.17, 15) is 9.59 Å². The molecule has 1 aromatic rings. The summed E-state index contributed by atoms with van der Waals surface area (Å²) in [5.74, 6) is 0.550. The van der Waals surface area contributed by atoms with Gasteiger partial charge in [0.1, 0.15) is 0 Å². The minimum atomic E-state index is -0.148. The summed E-state index contributed by atoms with van der Waals surface area (Å²) in [6, 6.07) is 0. The fourth-order valence-corrected chi connectivity index (χ4v) is 2.16. The molecule has 21 heavy (non-hydrogen) atoms. The molecular weight excluding hydrogens is 270 g/mol. The van der Waals surface area contributed by atoms with Gasteiger partial charge in [0.05, 0.1) is 5.56 Å². The molecule has 7 nitrogen and oxygen atoms in total. The molecule has 1 aromatic heterocycles. The number of carbonyl (C=O) groups excluding carboxylic acids is 2. The van der Waals surface area contributed by atoms with Crippen molar-refractivity contribution in [1.82, 2.24) is 20.2 Å². The number of aromatic nitrogens is 2. The molecule has 0 atom stereocenters. The van der Waals surface area contributed by atoms with E-state index in [0.717, 1.165) is 6.42 Å². The van der Waals surface area contributed by atoms with Gasteiger partial charge in [0.15, 0.2) is 0 Å². The van der Waals surface area contributed by atoms with Crippen LogP contribution in [0, 0.1) is 0 Å². The van der Waals surface area contributed by atoms with E-state index < -0.39 is 0 Å². The van der Waals surface area contributed by atoms with Gasteiger partial charge in [0.25, 0.3) is 5.91 Å². The highest BCUT2D eigenvalue weighted by atomic mass is 16.2. The topological polar surface area (TPSA) is 78.4 Å². The summed E-state index contributed by atoms with van der Waals surface area (Å²) < 4.78 is 0.